The Labute approximate surface area is 185 Å². The molecule has 4 aromatic rings. The molecule has 0 spiro atoms. The molecule has 0 N–H and O–H groups in total. The molecular formula is C23H28N6O3. The molecule has 3 heterocycles. The molecule has 168 valence electrons. The molecule has 0 bridgehead atoms. The van der Waals surface area contributed by atoms with Crippen LogP contribution in [0, 0.1) is 18.8 Å². The number of nitrogens with zero attached hydrogens (tertiary/aromatic N) is 6. The summed E-state index contributed by atoms with van der Waals surface area (Å²) in [5.74, 6) is 1.15. The maximum atomic E-state index is 13.4. The largest absolute Gasteiger partial charge is 0.337 e. The van der Waals surface area contributed by atoms with Gasteiger partial charge in [0.15, 0.2) is 11.2 Å². The van der Waals surface area contributed by atoms with E-state index in [0.29, 0.717) is 36.0 Å². The summed E-state index contributed by atoms with van der Waals surface area (Å²) in [4.78, 5) is 35.5. The molecule has 0 unspecified atom stereocenters. The predicted molar refractivity (Wildman–Crippen MR) is 122 cm³/mol. The van der Waals surface area contributed by atoms with Crippen molar-refractivity contribution in [3.05, 3.63) is 62.9 Å². The van der Waals surface area contributed by atoms with Crippen LogP contribution < -0.4 is 11.2 Å². The standard InChI is InChI=1S/C23H28N6O3/c1-14(2)10-27-13-24-21-19(27)22(30)29(23(31)28(21)11-15(3)4)12-18-25-20(26-32-18)17-9-7-6-8-16(17)5/h6-9,13-15H,10-12H2,1-5H3. The van der Waals surface area contributed by atoms with E-state index < -0.39 is 11.2 Å². The summed E-state index contributed by atoms with van der Waals surface area (Å²) in [6.45, 7) is 11.1. The summed E-state index contributed by atoms with van der Waals surface area (Å²) in [7, 11) is 0. The van der Waals surface area contributed by atoms with Gasteiger partial charge in [0.25, 0.3) is 5.56 Å². The number of fused-ring (bicyclic) bond motifs is 1. The third-order valence-electron chi connectivity index (χ3n) is 5.24. The van der Waals surface area contributed by atoms with Crippen molar-refractivity contribution in [2.75, 3.05) is 0 Å². The predicted octanol–water partition coefficient (Wildman–Crippen LogP) is 3.08. The first-order valence-electron chi connectivity index (χ1n) is 10.8. The Hall–Kier alpha value is -3.49. The second-order valence-electron chi connectivity index (χ2n) is 8.97. The molecule has 0 saturated heterocycles. The molecule has 0 atom stereocenters. The third-order valence-corrected chi connectivity index (χ3v) is 5.24. The van der Waals surface area contributed by atoms with Crippen LogP contribution in [0.5, 0.6) is 0 Å². The quantitative estimate of drug-likeness (QED) is 0.441. The summed E-state index contributed by atoms with van der Waals surface area (Å²) in [6.07, 6.45) is 1.63. The molecule has 0 fully saturated rings. The molecule has 0 aliphatic carbocycles. The zero-order valence-corrected chi connectivity index (χ0v) is 19.1. The average Bonchev–Trinajstić information content (AvgIpc) is 3.35. The van der Waals surface area contributed by atoms with Gasteiger partial charge in [-0.25, -0.2) is 14.3 Å². The summed E-state index contributed by atoms with van der Waals surface area (Å²) < 4.78 is 9.96. The van der Waals surface area contributed by atoms with Gasteiger partial charge in [-0.2, -0.15) is 4.98 Å². The molecule has 0 aliphatic heterocycles. The molecule has 0 radical (unpaired) electrons. The number of benzene rings is 1. The van der Waals surface area contributed by atoms with Crippen molar-refractivity contribution in [1.82, 2.24) is 28.8 Å². The summed E-state index contributed by atoms with van der Waals surface area (Å²) in [5, 5.41) is 4.05. The van der Waals surface area contributed by atoms with Crippen LogP contribution in [0.1, 0.15) is 39.1 Å². The minimum atomic E-state index is -0.429. The van der Waals surface area contributed by atoms with Gasteiger partial charge in [0.05, 0.1) is 6.33 Å². The van der Waals surface area contributed by atoms with Crippen molar-refractivity contribution in [2.24, 2.45) is 11.8 Å². The first-order valence-corrected chi connectivity index (χ1v) is 10.8. The average molecular weight is 437 g/mol. The van der Waals surface area contributed by atoms with E-state index in [1.807, 2.05) is 49.6 Å². The van der Waals surface area contributed by atoms with E-state index in [-0.39, 0.29) is 18.4 Å². The Morgan fingerprint density at radius 1 is 1.00 bits per heavy atom. The Morgan fingerprint density at radius 3 is 2.41 bits per heavy atom. The molecule has 3 aromatic heterocycles. The van der Waals surface area contributed by atoms with E-state index in [1.165, 1.54) is 4.57 Å². The van der Waals surface area contributed by atoms with Crippen molar-refractivity contribution in [1.29, 1.82) is 0 Å². The van der Waals surface area contributed by atoms with Crippen LogP contribution in [0.15, 0.2) is 44.7 Å². The Bertz CT molecular complexity index is 1370. The van der Waals surface area contributed by atoms with E-state index in [4.69, 9.17) is 4.52 Å². The first kappa shape index (κ1) is 21.7. The second kappa shape index (κ2) is 8.57. The summed E-state index contributed by atoms with van der Waals surface area (Å²) in [5.41, 5.74) is 1.85. The number of rotatable bonds is 7. The molecule has 9 heteroatoms. The van der Waals surface area contributed by atoms with Gasteiger partial charge in [0, 0.05) is 18.7 Å². The topological polar surface area (TPSA) is 101 Å². The number of imidazole rings is 1. The van der Waals surface area contributed by atoms with E-state index in [0.717, 1.165) is 11.1 Å². The molecule has 4 rings (SSSR count). The number of hydrogen-bond donors (Lipinski definition) is 0. The minimum absolute atomic E-state index is 0.0998. The lowest BCUT2D eigenvalue weighted by atomic mass is 10.1. The van der Waals surface area contributed by atoms with Crippen molar-refractivity contribution < 1.29 is 4.52 Å². The summed E-state index contributed by atoms with van der Waals surface area (Å²) in [6, 6.07) is 7.70. The smallest absolute Gasteiger partial charge is 0.333 e. The molecule has 0 amide bonds. The van der Waals surface area contributed by atoms with Crippen LogP contribution in [0.2, 0.25) is 0 Å². The molecular weight excluding hydrogens is 408 g/mol. The maximum absolute atomic E-state index is 13.4. The maximum Gasteiger partial charge on any atom is 0.333 e. The fourth-order valence-corrected chi connectivity index (χ4v) is 3.83. The fourth-order valence-electron chi connectivity index (χ4n) is 3.83. The highest BCUT2D eigenvalue weighted by atomic mass is 16.5. The van der Waals surface area contributed by atoms with Gasteiger partial charge in [0.2, 0.25) is 11.7 Å². The van der Waals surface area contributed by atoms with Crippen LogP contribution in [0.4, 0.5) is 0 Å². The van der Waals surface area contributed by atoms with Gasteiger partial charge >= 0.3 is 5.69 Å². The molecule has 0 saturated carbocycles. The number of hydrogen-bond acceptors (Lipinski definition) is 6. The number of aromatic nitrogens is 6. The Morgan fingerprint density at radius 2 is 1.72 bits per heavy atom. The highest BCUT2D eigenvalue weighted by molar-refractivity contribution is 5.70. The van der Waals surface area contributed by atoms with Gasteiger partial charge in [-0.05, 0) is 24.3 Å². The van der Waals surface area contributed by atoms with Crippen LogP contribution >= 0.6 is 0 Å². The van der Waals surface area contributed by atoms with E-state index in [2.05, 4.69) is 29.0 Å². The molecule has 0 aliphatic rings. The third kappa shape index (κ3) is 4.02. The Kier molecular flexibility index (Phi) is 5.82. The lowest BCUT2D eigenvalue weighted by Crippen LogP contribution is -2.41. The van der Waals surface area contributed by atoms with Crippen LogP contribution in [-0.2, 0) is 19.6 Å². The molecule has 9 nitrogen and oxygen atoms in total. The van der Waals surface area contributed by atoms with Gasteiger partial charge in [-0.15, -0.1) is 0 Å². The van der Waals surface area contributed by atoms with Gasteiger partial charge in [0.1, 0.15) is 6.54 Å². The normalized spacial score (nSPS) is 11.8. The van der Waals surface area contributed by atoms with Crippen LogP contribution in [-0.4, -0.2) is 28.8 Å². The van der Waals surface area contributed by atoms with Gasteiger partial charge in [-0.3, -0.25) is 9.36 Å². The van der Waals surface area contributed by atoms with Gasteiger partial charge < -0.3 is 9.09 Å². The SMILES string of the molecule is Cc1ccccc1-c1noc(Cn2c(=O)c3c(ncn3CC(C)C)n(CC(C)C)c2=O)n1. The lowest BCUT2D eigenvalue weighted by Gasteiger charge is -2.13. The van der Waals surface area contributed by atoms with Crippen LogP contribution in [0.3, 0.4) is 0 Å². The fraction of sp³-hybridized carbons (Fsp3) is 0.435. The van der Waals surface area contributed by atoms with Crippen molar-refractivity contribution in [3.8, 4) is 11.4 Å². The highest BCUT2D eigenvalue weighted by Crippen LogP contribution is 2.20. The lowest BCUT2D eigenvalue weighted by molar-refractivity contribution is 0.365. The highest BCUT2D eigenvalue weighted by Gasteiger charge is 2.21. The van der Waals surface area contributed by atoms with Crippen LogP contribution in [0.25, 0.3) is 22.6 Å². The van der Waals surface area contributed by atoms with Crippen molar-refractivity contribution >= 4 is 11.2 Å². The van der Waals surface area contributed by atoms with E-state index >= 15 is 0 Å². The zero-order chi connectivity index (χ0) is 23.0. The molecule has 32 heavy (non-hydrogen) atoms. The number of aryl methyl sites for hydroxylation is 1. The van der Waals surface area contributed by atoms with Crippen molar-refractivity contribution in [3.63, 3.8) is 0 Å². The van der Waals surface area contributed by atoms with E-state index in [1.54, 1.807) is 10.9 Å². The summed E-state index contributed by atoms with van der Waals surface area (Å²) >= 11 is 0. The van der Waals surface area contributed by atoms with Gasteiger partial charge in [-0.1, -0.05) is 57.1 Å². The zero-order valence-electron chi connectivity index (χ0n) is 19.1. The van der Waals surface area contributed by atoms with E-state index in [9.17, 15) is 9.59 Å². The Balaban J connectivity index is 1.83. The monoisotopic (exact) mass is 436 g/mol. The van der Waals surface area contributed by atoms with Crippen molar-refractivity contribution in [2.45, 2.75) is 54.3 Å². The second-order valence-corrected chi connectivity index (χ2v) is 8.97. The minimum Gasteiger partial charge on any atom is -0.337 e. The first-order chi connectivity index (χ1) is 15.3. The molecule has 1 aromatic carbocycles.